The molecule has 13 heavy (non-hydrogen) atoms. The maximum Gasteiger partial charge on any atom is 0.119 e. The van der Waals surface area contributed by atoms with E-state index in [4.69, 9.17) is 15.6 Å². The fourth-order valence-corrected chi connectivity index (χ4v) is 1.08. The lowest BCUT2D eigenvalue weighted by Gasteiger charge is -2.09. The van der Waals surface area contributed by atoms with E-state index in [1.807, 2.05) is 31.2 Å². The summed E-state index contributed by atoms with van der Waals surface area (Å²) >= 11 is 0. The summed E-state index contributed by atoms with van der Waals surface area (Å²) in [4.78, 5) is 0. The molecule has 0 unspecified atom stereocenters. The van der Waals surface area contributed by atoms with Crippen LogP contribution in [-0.4, -0.2) is 18.3 Å². The van der Waals surface area contributed by atoms with Gasteiger partial charge in [-0.1, -0.05) is 12.1 Å². The van der Waals surface area contributed by atoms with Crippen LogP contribution in [0.4, 0.5) is 0 Å². The quantitative estimate of drug-likeness (QED) is 0.730. The van der Waals surface area contributed by atoms with E-state index in [0.717, 1.165) is 11.3 Å². The minimum atomic E-state index is -0.296. The van der Waals surface area contributed by atoms with Gasteiger partial charge in [0.15, 0.2) is 0 Å². The lowest BCUT2D eigenvalue weighted by Crippen LogP contribution is -2.14. The Hall–Kier alpha value is -1.06. The van der Waals surface area contributed by atoms with Crippen LogP contribution >= 0.6 is 0 Å². The molecule has 0 saturated heterocycles. The van der Waals surface area contributed by atoms with Crippen LogP contribution in [0.1, 0.15) is 18.5 Å². The van der Waals surface area contributed by atoms with Crippen LogP contribution in [0, 0.1) is 0 Å². The monoisotopic (exact) mass is 181 g/mol. The van der Waals surface area contributed by atoms with Gasteiger partial charge >= 0.3 is 0 Å². The molecule has 72 valence electrons. The first-order valence-electron chi connectivity index (χ1n) is 4.37. The molecule has 3 N–H and O–H groups in total. The molecule has 0 bridgehead atoms. The Morgan fingerprint density at radius 1 is 1.38 bits per heavy atom. The smallest absolute Gasteiger partial charge is 0.119 e. The Labute approximate surface area is 78.1 Å². The van der Waals surface area contributed by atoms with E-state index in [2.05, 4.69) is 0 Å². The van der Waals surface area contributed by atoms with Gasteiger partial charge in [0.1, 0.15) is 5.75 Å². The number of ether oxygens (including phenoxy) is 1. The molecule has 0 radical (unpaired) electrons. The minimum absolute atomic E-state index is 0.0337. The maximum absolute atomic E-state index is 8.80. The van der Waals surface area contributed by atoms with Crippen molar-refractivity contribution in [3.05, 3.63) is 29.8 Å². The normalized spacial score (nSPS) is 12.5. The van der Waals surface area contributed by atoms with E-state index in [0.29, 0.717) is 6.61 Å². The SMILES string of the molecule is CCOc1ccc([C@H](N)CO)cc1. The third kappa shape index (κ3) is 2.72. The Kier molecular flexibility index (Phi) is 3.73. The fourth-order valence-electron chi connectivity index (χ4n) is 1.08. The van der Waals surface area contributed by atoms with Crippen LogP contribution in [0.3, 0.4) is 0 Å². The molecule has 1 atom stereocenters. The first-order chi connectivity index (χ1) is 6.27. The highest BCUT2D eigenvalue weighted by Gasteiger charge is 2.03. The largest absolute Gasteiger partial charge is 0.494 e. The summed E-state index contributed by atoms with van der Waals surface area (Å²) in [5.74, 6) is 0.830. The summed E-state index contributed by atoms with van der Waals surface area (Å²) in [7, 11) is 0. The molecule has 0 aromatic heterocycles. The van der Waals surface area contributed by atoms with Gasteiger partial charge in [-0.05, 0) is 24.6 Å². The zero-order chi connectivity index (χ0) is 9.68. The van der Waals surface area contributed by atoms with Crippen molar-refractivity contribution in [2.45, 2.75) is 13.0 Å². The van der Waals surface area contributed by atoms with Crippen LogP contribution < -0.4 is 10.5 Å². The van der Waals surface area contributed by atoms with E-state index in [9.17, 15) is 0 Å². The highest BCUT2D eigenvalue weighted by Crippen LogP contribution is 2.15. The molecule has 0 aliphatic rings. The summed E-state index contributed by atoms with van der Waals surface area (Å²) in [6.45, 7) is 2.56. The van der Waals surface area contributed by atoms with Gasteiger partial charge in [-0.3, -0.25) is 0 Å². The second-order valence-corrected chi connectivity index (χ2v) is 2.79. The van der Waals surface area contributed by atoms with Crippen molar-refractivity contribution < 1.29 is 9.84 Å². The van der Waals surface area contributed by atoms with Gasteiger partial charge in [0.05, 0.1) is 19.3 Å². The van der Waals surface area contributed by atoms with Crippen LogP contribution in [0.5, 0.6) is 5.75 Å². The molecule has 0 heterocycles. The van der Waals surface area contributed by atoms with Crippen molar-refractivity contribution in [2.75, 3.05) is 13.2 Å². The van der Waals surface area contributed by atoms with Crippen LogP contribution in [0.15, 0.2) is 24.3 Å². The molecular weight excluding hydrogens is 166 g/mol. The van der Waals surface area contributed by atoms with E-state index in [1.54, 1.807) is 0 Å². The summed E-state index contributed by atoms with van der Waals surface area (Å²) in [6, 6.07) is 7.15. The molecule has 0 amide bonds. The third-order valence-electron chi connectivity index (χ3n) is 1.82. The average Bonchev–Trinajstić information content (AvgIpc) is 2.18. The number of benzene rings is 1. The van der Waals surface area contributed by atoms with E-state index in [-0.39, 0.29) is 12.6 Å². The van der Waals surface area contributed by atoms with E-state index >= 15 is 0 Å². The van der Waals surface area contributed by atoms with Crippen molar-refractivity contribution in [1.82, 2.24) is 0 Å². The van der Waals surface area contributed by atoms with Crippen LogP contribution in [0.2, 0.25) is 0 Å². The minimum Gasteiger partial charge on any atom is -0.494 e. The van der Waals surface area contributed by atoms with Crippen molar-refractivity contribution in [1.29, 1.82) is 0 Å². The maximum atomic E-state index is 8.80. The first-order valence-corrected chi connectivity index (χ1v) is 4.37. The number of aliphatic hydroxyl groups is 1. The number of nitrogens with two attached hydrogens (primary N) is 1. The zero-order valence-corrected chi connectivity index (χ0v) is 7.73. The molecule has 0 fully saturated rings. The Morgan fingerprint density at radius 3 is 2.46 bits per heavy atom. The molecule has 0 saturated carbocycles. The molecule has 3 nitrogen and oxygen atoms in total. The molecule has 0 aliphatic heterocycles. The van der Waals surface area contributed by atoms with Gasteiger partial charge in [0.2, 0.25) is 0 Å². The number of aliphatic hydroxyl groups excluding tert-OH is 1. The van der Waals surface area contributed by atoms with Gasteiger partial charge in [0.25, 0.3) is 0 Å². The molecule has 1 rings (SSSR count). The van der Waals surface area contributed by atoms with Crippen LogP contribution in [0.25, 0.3) is 0 Å². The van der Waals surface area contributed by atoms with Gasteiger partial charge in [0, 0.05) is 0 Å². The standard InChI is InChI=1S/C10H15NO2/c1-2-13-9-5-3-8(4-6-9)10(11)7-12/h3-6,10,12H,2,7,11H2,1H3/t10-/m1/s1. The highest BCUT2D eigenvalue weighted by atomic mass is 16.5. The van der Waals surface area contributed by atoms with E-state index < -0.39 is 0 Å². The highest BCUT2D eigenvalue weighted by molar-refractivity contribution is 5.28. The molecule has 3 heteroatoms. The molecule has 1 aromatic rings. The lowest BCUT2D eigenvalue weighted by molar-refractivity contribution is 0.268. The second-order valence-electron chi connectivity index (χ2n) is 2.79. The summed E-state index contributed by atoms with van der Waals surface area (Å²) in [6.07, 6.45) is 0. The fraction of sp³-hybridized carbons (Fsp3) is 0.400. The predicted molar refractivity (Wildman–Crippen MR) is 51.6 cm³/mol. The molecule has 0 spiro atoms. The molecular formula is C10H15NO2. The van der Waals surface area contributed by atoms with Crippen LogP contribution in [-0.2, 0) is 0 Å². The summed E-state index contributed by atoms with van der Waals surface area (Å²) < 4.78 is 5.27. The number of hydrogen-bond acceptors (Lipinski definition) is 3. The Morgan fingerprint density at radius 2 is 2.00 bits per heavy atom. The zero-order valence-electron chi connectivity index (χ0n) is 7.73. The molecule has 1 aromatic carbocycles. The average molecular weight is 181 g/mol. The van der Waals surface area contributed by atoms with Gasteiger partial charge < -0.3 is 15.6 Å². The van der Waals surface area contributed by atoms with Gasteiger partial charge in [-0.2, -0.15) is 0 Å². The van der Waals surface area contributed by atoms with Crippen molar-refractivity contribution in [3.63, 3.8) is 0 Å². The van der Waals surface area contributed by atoms with Gasteiger partial charge in [-0.25, -0.2) is 0 Å². The third-order valence-corrected chi connectivity index (χ3v) is 1.82. The van der Waals surface area contributed by atoms with Crippen molar-refractivity contribution in [3.8, 4) is 5.75 Å². The van der Waals surface area contributed by atoms with Gasteiger partial charge in [-0.15, -0.1) is 0 Å². The molecule has 0 aliphatic carbocycles. The first kappa shape index (κ1) is 10.0. The Balaban J connectivity index is 2.69. The lowest BCUT2D eigenvalue weighted by atomic mass is 10.1. The Bertz CT molecular complexity index is 246. The summed E-state index contributed by atoms with van der Waals surface area (Å²) in [5, 5.41) is 8.80. The second kappa shape index (κ2) is 4.84. The van der Waals surface area contributed by atoms with E-state index in [1.165, 1.54) is 0 Å². The number of rotatable bonds is 4. The number of hydrogen-bond donors (Lipinski definition) is 2. The van der Waals surface area contributed by atoms with Crippen molar-refractivity contribution in [2.24, 2.45) is 5.73 Å². The topological polar surface area (TPSA) is 55.5 Å². The van der Waals surface area contributed by atoms with Crippen molar-refractivity contribution >= 4 is 0 Å². The summed E-state index contributed by atoms with van der Waals surface area (Å²) in [5.41, 5.74) is 6.55. The predicted octanol–water partition coefficient (Wildman–Crippen LogP) is 1.08.